The zero-order chi connectivity index (χ0) is 14.4. The number of fused-ring (bicyclic) bond motifs is 2. The highest BCUT2D eigenvalue weighted by Gasteiger charge is 2.30. The number of hydrogen-bond donors (Lipinski definition) is 1. The normalized spacial score (nSPS) is 24.9. The molecule has 2 atom stereocenters. The fourth-order valence-electron chi connectivity index (χ4n) is 2.98. The van der Waals surface area contributed by atoms with E-state index in [9.17, 15) is 22.0 Å². The molecule has 1 N–H and O–H groups in total. The first-order chi connectivity index (χ1) is 9.47. The molecule has 1 nitrogen and oxygen atoms in total. The fourth-order valence-corrected chi connectivity index (χ4v) is 2.98. The molecule has 1 aromatic rings. The molecule has 2 aliphatic heterocycles. The summed E-state index contributed by atoms with van der Waals surface area (Å²) in [4.78, 5) is 0. The molecule has 1 aromatic carbocycles. The Bertz CT molecular complexity index is 567. The topological polar surface area (TPSA) is 12.0 Å². The minimum Gasteiger partial charge on any atom is -0.307 e. The molecule has 20 heavy (non-hydrogen) atoms. The third kappa shape index (κ3) is 2.12. The van der Waals surface area contributed by atoms with Crippen molar-refractivity contribution in [2.24, 2.45) is 0 Å². The number of nitrogens with one attached hydrogen (secondary N) is 1. The zero-order valence-electron chi connectivity index (χ0n) is 10.5. The molecule has 3 rings (SSSR count). The van der Waals surface area contributed by atoms with Gasteiger partial charge in [0.25, 0.3) is 0 Å². The summed E-state index contributed by atoms with van der Waals surface area (Å²) in [6.45, 7) is 0. The van der Waals surface area contributed by atoms with Gasteiger partial charge in [-0.15, -0.1) is 0 Å². The molecular formula is C14H12F5N. The van der Waals surface area contributed by atoms with Gasteiger partial charge in [-0.25, -0.2) is 22.0 Å². The van der Waals surface area contributed by atoms with E-state index in [1.807, 2.05) is 6.08 Å². The number of benzene rings is 1. The van der Waals surface area contributed by atoms with E-state index in [-0.39, 0.29) is 18.5 Å². The van der Waals surface area contributed by atoms with Crippen LogP contribution in [0.15, 0.2) is 11.6 Å². The van der Waals surface area contributed by atoms with Crippen LogP contribution < -0.4 is 5.32 Å². The van der Waals surface area contributed by atoms with Crippen molar-refractivity contribution in [3.8, 4) is 0 Å². The average molecular weight is 289 g/mol. The van der Waals surface area contributed by atoms with Crippen molar-refractivity contribution in [2.45, 2.75) is 37.8 Å². The molecule has 2 aliphatic rings. The van der Waals surface area contributed by atoms with Gasteiger partial charge >= 0.3 is 0 Å². The van der Waals surface area contributed by atoms with Gasteiger partial charge in [0.15, 0.2) is 23.3 Å². The van der Waals surface area contributed by atoms with Crippen molar-refractivity contribution in [3.05, 3.63) is 46.3 Å². The fraction of sp³-hybridized carbons (Fsp3) is 0.429. The Balaban J connectivity index is 1.95. The number of halogens is 5. The monoisotopic (exact) mass is 289 g/mol. The van der Waals surface area contributed by atoms with Crippen LogP contribution in [0.1, 0.15) is 24.8 Å². The van der Waals surface area contributed by atoms with Gasteiger partial charge in [-0.3, -0.25) is 0 Å². The third-order valence-corrected chi connectivity index (χ3v) is 3.93. The standard InChI is InChI=1S/C14H12F5N/c15-10-9(11(16)13(18)14(19)12(10)17)5-6-3-7-1-2-8(4-6)20-7/h3,7-8,20H,1-2,4-5H2. The van der Waals surface area contributed by atoms with Gasteiger partial charge in [-0.1, -0.05) is 11.6 Å². The molecule has 6 heteroatoms. The summed E-state index contributed by atoms with van der Waals surface area (Å²) in [7, 11) is 0. The largest absolute Gasteiger partial charge is 0.307 e. The van der Waals surface area contributed by atoms with E-state index in [1.54, 1.807) is 0 Å². The summed E-state index contributed by atoms with van der Waals surface area (Å²) >= 11 is 0. The van der Waals surface area contributed by atoms with Crippen molar-refractivity contribution < 1.29 is 22.0 Å². The second-order valence-electron chi connectivity index (χ2n) is 5.30. The molecule has 2 bridgehead atoms. The lowest BCUT2D eigenvalue weighted by Gasteiger charge is -2.21. The van der Waals surface area contributed by atoms with E-state index in [2.05, 4.69) is 5.32 Å². The smallest absolute Gasteiger partial charge is 0.200 e. The lowest BCUT2D eigenvalue weighted by atomic mass is 9.95. The van der Waals surface area contributed by atoms with Gasteiger partial charge in [0.2, 0.25) is 5.82 Å². The zero-order valence-corrected chi connectivity index (χ0v) is 10.5. The van der Waals surface area contributed by atoms with Crippen LogP contribution >= 0.6 is 0 Å². The maximum Gasteiger partial charge on any atom is 0.200 e. The quantitative estimate of drug-likeness (QED) is 0.381. The van der Waals surface area contributed by atoms with Crippen LogP contribution in [-0.2, 0) is 6.42 Å². The van der Waals surface area contributed by atoms with Crippen LogP contribution in [0.4, 0.5) is 22.0 Å². The molecule has 1 fully saturated rings. The average Bonchev–Trinajstić information content (AvgIpc) is 2.78. The minimum atomic E-state index is -2.11. The number of rotatable bonds is 2. The first-order valence-corrected chi connectivity index (χ1v) is 6.43. The molecule has 0 spiro atoms. The van der Waals surface area contributed by atoms with Gasteiger partial charge in [-0.05, 0) is 25.7 Å². The third-order valence-electron chi connectivity index (χ3n) is 3.93. The summed E-state index contributed by atoms with van der Waals surface area (Å²) in [6.07, 6.45) is 4.07. The molecule has 0 radical (unpaired) electrons. The van der Waals surface area contributed by atoms with Crippen LogP contribution in [-0.4, -0.2) is 12.1 Å². The maximum atomic E-state index is 13.6. The van der Waals surface area contributed by atoms with Gasteiger partial charge in [0, 0.05) is 17.6 Å². The first kappa shape index (κ1) is 13.5. The van der Waals surface area contributed by atoms with Crippen molar-refractivity contribution in [3.63, 3.8) is 0 Å². The summed E-state index contributed by atoms with van der Waals surface area (Å²) in [5, 5.41) is 3.30. The van der Waals surface area contributed by atoms with Crippen LogP contribution in [0.25, 0.3) is 0 Å². The second-order valence-corrected chi connectivity index (χ2v) is 5.30. The Morgan fingerprint density at radius 2 is 1.50 bits per heavy atom. The van der Waals surface area contributed by atoms with Crippen molar-refractivity contribution in [1.82, 2.24) is 5.32 Å². The Labute approximate surface area is 112 Å². The van der Waals surface area contributed by atoms with Crippen molar-refractivity contribution in [2.75, 3.05) is 0 Å². The Kier molecular flexibility index (Phi) is 3.28. The molecule has 0 saturated carbocycles. The van der Waals surface area contributed by atoms with Crippen LogP contribution in [0.3, 0.4) is 0 Å². The van der Waals surface area contributed by atoms with Crippen molar-refractivity contribution >= 4 is 0 Å². The molecular weight excluding hydrogens is 277 g/mol. The summed E-state index contributed by atoms with van der Waals surface area (Å²) in [6, 6.07) is 0.381. The maximum absolute atomic E-state index is 13.6. The predicted octanol–water partition coefficient (Wildman–Crippen LogP) is 3.38. The molecule has 2 unspecified atom stereocenters. The highest BCUT2D eigenvalue weighted by molar-refractivity contribution is 5.30. The Morgan fingerprint density at radius 3 is 2.10 bits per heavy atom. The first-order valence-electron chi connectivity index (χ1n) is 6.43. The highest BCUT2D eigenvalue weighted by Crippen LogP contribution is 2.31. The van der Waals surface area contributed by atoms with E-state index < -0.39 is 34.6 Å². The van der Waals surface area contributed by atoms with E-state index in [0.717, 1.165) is 18.4 Å². The van der Waals surface area contributed by atoms with Crippen molar-refractivity contribution in [1.29, 1.82) is 0 Å². The van der Waals surface area contributed by atoms with Crippen LogP contribution in [0.2, 0.25) is 0 Å². The molecule has 0 aliphatic carbocycles. The lowest BCUT2D eigenvalue weighted by molar-refractivity contribution is 0.370. The molecule has 0 aromatic heterocycles. The Morgan fingerprint density at radius 1 is 0.900 bits per heavy atom. The van der Waals surface area contributed by atoms with Gasteiger partial charge in [0.1, 0.15) is 0 Å². The molecule has 2 heterocycles. The van der Waals surface area contributed by atoms with Gasteiger partial charge < -0.3 is 5.32 Å². The van der Waals surface area contributed by atoms with Crippen LogP contribution in [0.5, 0.6) is 0 Å². The summed E-state index contributed by atoms with van der Waals surface area (Å²) in [5.74, 6) is -9.32. The van der Waals surface area contributed by atoms with Crippen LogP contribution in [0, 0.1) is 29.1 Å². The van der Waals surface area contributed by atoms with E-state index >= 15 is 0 Å². The van der Waals surface area contributed by atoms with Gasteiger partial charge in [0.05, 0.1) is 0 Å². The minimum absolute atomic E-state index is 0.144. The molecule has 0 amide bonds. The SMILES string of the molecule is Fc1c(F)c(F)c(CC2=CC3CCC(C2)N3)c(F)c1F. The molecule has 1 saturated heterocycles. The molecule has 108 valence electrons. The summed E-state index contributed by atoms with van der Waals surface area (Å²) in [5.41, 5.74) is -0.0200. The van der Waals surface area contributed by atoms with Gasteiger partial charge in [-0.2, -0.15) is 0 Å². The highest BCUT2D eigenvalue weighted by atomic mass is 19.2. The van der Waals surface area contributed by atoms with E-state index in [4.69, 9.17) is 0 Å². The predicted molar refractivity (Wildman–Crippen MR) is 62.6 cm³/mol. The summed E-state index contributed by atoms with van der Waals surface area (Å²) < 4.78 is 66.4. The lowest BCUT2D eigenvalue weighted by Crippen LogP contribution is -2.32. The van der Waals surface area contributed by atoms with E-state index in [1.165, 1.54) is 0 Å². The second kappa shape index (κ2) is 4.84. The number of hydrogen-bond acceptors (Lipinski definition) is 1. The van der Waals surface area contributed by atoms with E-state index in [0.29, 0.717) is 6.42 Å². The Hall–Kier alpha value is -1.43.